The van der Waals surface area contributed by atoms with Gasteiger partial charge in [0, 0.05) is 0 Å². The van der Waals surface area contributed by atoms with Crippen LogP contribution in [0.5, 0.6) is 0 Å². The van der Waals surface area contributed by atoms with Gasteiger partial charge in [0.05, 0.1) is 0 Å². The maximum Gasteiger partial charge on any atom is -0.00206 e. The molecule has 38 heavy (non-hydrogen) atoms. The van der Waals surface area contributed by atoms with Gasteiger partial charge in [-0.25, -0.2) is 0 Å². The Morgan fingerprint density at radius 1 is 0.211 bits per heavy atom. The lowest BCUT2D eigenvalue weighted by Crippen LogP contribution is -1.91. The molecule has 0 amide bonds. The van der Waals surface area contributed by atoms with Crippen molar-refractivity contribution in [2.24, 2.45) is 0 Å². The Balaban J connectivity index is 1.38. The lowest BCUT2D eigenvalue weighted by Gasteiger charge is -2.18. The van der Waals surface area contributed by atoms with E-state index in [0.717, 1.165) is 0 Å². The molecule has 0 unspecified atom stereocenters. The lowest BCUT2D eigenvalue weighted by atomic mass is 9.85. The van der Waals surface area contributed by atoms with E-state index in [0.29, 0.717) is 0 Å². The van der Waals surface area contributed by atoms with E-state index in [9.17, 15) is 0 Å². The predicted molar refractivity (Wildman–Crippen MR) is 165 cm³/mol. The minimum absolute atomic E-state index is 1.28. The summed E-state index contributed by atoms with van der Waals surface area (Å²) in [5, 5.41) is 15.9. The molecule has 0 N–H and O–H groups in total. The second-order valence-corrected chi connectivity index (χ2v) is 10.5. The molecule has 9 aromatic rings. The Morgan fingerprint density at radius 2 is 0.553 bits per heavy atom. The molecule has 0 aliphatic carbocycles. The molecular formula is C38H22. The fourth-order valence-electron chi connectivity index (χ4n) is 6.89. The summed E-state index contributed by atoms with van der Waals surface area (Å²) in [7, 11) is 0. The van der Waals surface area contributed by atoms with Crippen molar-refractivity contribution in [3.63, 3.8) is 0 Å². The maximum atomic E-state index is 2.32. The van der Waals surface area contributed by atoms with Crippen LogP contribution in [0, 0.1) is 0 Å². The van der Waals surface area contributed by atoms with Gasteiger partial charge in [0.25, 0.3) is 0 Å². The third kappa shape index (κ3) is 2.59. The summed E-state index contributed by atoms with van der Waals surface area (Å²) >= 11 is 0. The van der Waals surface area contributed by atoms with Gasteiger partial charge in [-0.1, -0.05) is 133 Å². The van der Waals surface area contributed by atoms with Crippen LogP contribution in [0.1, 0.15) is 0 Å². The quantitative estimate of drug-likeness (QED) is 0.217. The average Bonchev–Trinajstić information content (AvgIpc) is 2.98. The second-order valence-electron chi connectivity index (χ2n) is 10.5. The van der Waals surface area contributed by atoms with Crippen LogP contribution in [-0.4, -0.2) is 0 Å². The van der Waals surface area contributed by atoms with E-state index in [4.69, 9.17) is 0 Å². The predicted octanol–water partition coefficient (Wildman–Crippen LogP) is 10.8. The molecule has 0 aliphatic rings. The smallest absolute Gasteiger partial charge is 0.00206 e. The van der Waals surface area contributed by atoms with E-state index in [-0.39, 0.29) is 0 Å². The fourth-order valence-corrected chi connectivity index (χ4v) is 6.89. The van der Waals surface area contributed by atoms with Gasteiger partial charge in [-0.05, 0) is 86.9 Å². The van der Waals surface area contributed by atoms with Crippen LogP contribution < -0.4 is 0 Å². The number of hydrogen-bond donors (Lipinski definition) is 0. The molecule has 0 aromatic heterocycles. The second kappa shape index (κ2) is 7.31. The highest BCUT2D eigenvalue weighted by Crippen LogP contribution is 2.45. The zero-order chi connectivity index (χ0) is 24.8. The molecule has 0 spiro atoms. The normalized spacial score (nSPS) is 12.2. The summed E-state index contributed by atoms with van der Waals surface area (Å²) < 4.78 is 0. The number of benzene rings is 9. The van der Waals surface area contributed by atoms with Crippen molar-refractivity contribution in [2.45, 2.75) is 0 Å². The van der Waals surface area contributed by atoms with Crippen molar-refractivity contribution in [3.05, 3.63) is 133 Å². The maximum absolute atomic E-state index is 2.32. The summed E-state index contributed by atoms with van der Waals surface area (Å²) in [4.78, 5) is 0. The van der Waals surface area contributed by atoms with Crippen LogP contribution in [-0.2, 0) is 0 Å². The molecule has 0 aliphatic heterocycles. The first-order valence-electron chi connectivity index (χ1n) is 13.3. The van der Waals surface area contributed by atoms with Gasteiger partial charge in [-0.2, -0.15) is 0 Å². The number of hydrogen-bond acceptors (Lipinski definition) is 0. The lowest BCUT2D eigenvalue weighted by molar-refractivity contribution is 1.63. The van der Waals surface area contributed by atoms with Crippen LogP contribution in [0.2, 0.25) is 0 Å². The van der Waals surface area contributed by atoms with Gasteiger partial charge < -0.3 is 0 Å². The van der Waals surface area contributed by atoms with Crippen LogP contribution in [0.3, 0.4) is 0 Å². The first kappa shape index (κ1) is 20.2. The Bertz CT molecular complexity index is 2140. The average molecular weight is 479 g/mol. The van der Waals surface area contributed by atoms with Crippen molar-refractivity contribution in [3.8, 4) is 22.3 Å². The van der Waals surface area contributed by atoms with Crippen molar-refractivity contribution in [2.75, 3.05) is 0 Å². The minimum Gasteiger partial charge on any atom is -0.0616 e. The first-order valence-corrected chi connectivity index (χ1v) is 13.3. The summed E-state index contributed by atoms with van der Waals surface area (Å²) in [5.41, 5.74) is 5.13. The van der Waals surface area contributed by atoms with E-state index in [1.165, 1.54) is 86.9 Å². The molecule has 0 fully saturated rings. The van der Waals surface area contributed by atoms with Crippen LogP contribution >= 0.6 is 0 Å². The Kier molecular flexibility index (Phi) is 3.88. The zero-order valence-corrected chi connectivity index (χ0v) is 20.7. The highest BCUT2D eigenvalue weighted by Gasteiger charge is 2.17. The molecule has 0 radical (unpaired) electrons. The van der Waals surface area contributed by atoms with Crippen molar-refractivity contribution < 1.29 is 0 Å². The Morgan fingerprint density at radius 3 is 0.974 bits per heavy atom. The van der Waals surface area contributed by atoms with Crippen LogP contribution in [0.15, 0.2) is 133 Å². The van der Waals surface area contributed by atoms with E-state index < -0.39 is 0 Å². The topological polar surface area (TPSA) is 0 Å². The molecule has 0 nitrogen and oxygen atoms in total. The minimum atomic E-state index is 1.28. The van der Waals surface area contributed by atoms with Gasteiger partial charge in [0.1, 0.15) is 0 Å². The third-order valence-electron chi connectivity index (χ3n) is 8.56. The molecule has 0 heterocycles. The molecule has 174 valence electrons. The molecule has 0 saturated carbocycles. The van der Waals surface area contributed by atoms with Crippen molar-refractivity contribution in [1.29, 1.82) is 0 Å². The Labute approximate surface area is 220 Å². The monoisotopic (exact) mass is 478 g/mol. The first-order chi connectivity index (χ1) is 18.8. The van der Waals surface area contributed by atoms with Crippen molar-refractivity contribution in [1.82, 2.24) is 0 Å². The van der Waals surface area contributed by atoms with Crippen LogP contribution in [0.4, 0.5) is 0 Å². The molecule has 0 saturated heterocycles. The summed E-state index contributed by atoms with van der Waals surface area (Å²) in [5.74, 6) is 0. The van der Waals surface area contributed by atoms with Gasteiger partial charge in [0.15, 0.2) is 0 Å². The molecule has 9 rings (SSSR count). The van der Waals surface area contributed by atoms with Gasteiger partial charge in [0.2, 0.25) is 0 Å². The Hall–Kier alpha value is -4.94. The van der Waals surface area contributed by atoms with Gasteiger partial charge >= 0.3 is 0 Å². The van der Waals surface area contributed by atoms with E-state index >= 15 is 0 Å². The van der Waals surface area contributed by atoms with Gasteiger partial charge in [-0.15, -0.1) is 0 Å². The third-order valence-corrected chi connectivity index (χ3v) is 8.56. The van der Waals surface area contributed by atoms with Gasteiger partial charge in [-0.3, -0.25) is 0 Å². The molecule has 0 atom stereocenters. The standard InChI is InChI=1S/C38H22/c1-2-10-30(32-20-16-28-14-12-24-6-4-8-26-18-22-34(32)38(28)36(24)26)29(9-1)31-19-15-27-13-11-23-5-3-7-25-17-21-33(31)37(27)35(23)25/h1-22H. The van der Waals surface area contributed by atoms with Crippen molar-refractivity contribution >= 4 is 64.6 Å². The molecule has 9 aromatic carbocycles. The van der Waals surface area contributed by atoms with E-state index in [1.807, 2.05) is 0 Å². The summed E-state index contributed by atoms with van der Waals surface area (Å²) in [6, 6.07) is 49.6. The highest BCUT2D eigenvalue weighted by molar-refractivity contribution is 6.27. The van der Waals surface area contributed by atoms with Crippen LogP contribution in [0.25, 0.3) is 86.9 Å². The molecular weight excluding hydrogens is 456 g/mol. The molecule has 0 heteroatoms. The molecule has 0 bridgehead atoms. The zero-order valence-electron chi connectivity index (χ0n) is 20.7. The van der Waals surface area contributed by atoms with E-state index in [2.05, 4.69) is 133 Å². The highest BCUT2D eigenvalue weighted by atomic mass is 14.2. The largest absolute Gasteiger partial charge is 0.0616 e. The summed E-state index contributed by atoms with van der Waals surface area (Å²) in [6.45, 7) is 0. The number of rotatable bonds is 2. The fraction of sp³-hybridized carbons (Fsp3) is 0. The van der Waals surface area contributed by atoms with E-state index in [1.54, 1.807) is 0 Å². The SMILES string of the molecule is c1ccc(-c2ccc3ccc4cccc5ccc2c3c45)c(-c2ccc3ccc4cccc5ccc2c3c45)c1. The summed E-state index contributed by atoms with van der Waals surface area (Å²) in [6.07, 6.45) is 0.